The van der Waals surface area contributed by atoms with Crippen LogP contribution in [0.25, 0.3) is 0 Å². The van der Waals surface area contributed by atoms with Gasteiger partial charge in [-0.1, -0.05) is 6.92 Å². The predicted molar refractivity (Wildman–Crippen MR) is 77.4 cm³/mol. The van der Waals surface area contributed by atoms with Crippen LogP contribution >= 0.6 is 0 Å². The molecular weight excluding hydrogens is 226 g/mol. The average Bonchev–Trinajstić information content (AvgIpc) is 2.36. The van der Waals surface area contributed by atoms with E-state index in [0.29, 0.717) is 0 Å². The van der Waals surface area contributed by atoms with E-state index in [0.717, 1.165) is 37.6 Å². The summed E-state index contributed by atoms with van der Waals surface area (Å²) in [6.07, 6.45) is 3.69. The fourth-order valence-corrected chi connectivity index (χ4v) is 2.00. The molecule has 1 rings (SSSR count). The zero-order chi connectivity index (χ0) is 13.5. The molecule has 1 aromatic rings. The van der Waals surface area contributed by atoms with Gasteiger partial charge in [-0.25, -0.2) is 9.97 Å². The van der Waals surface area contributed by atoms with Crippen molar-refractivity contribution in [3.8, 4) is 0 Å². The Morgan fingerprint density at radius 3 is 2.44 bits per heavy atom. The van der Waals surface area contributed by atoms with Crippen molar-refractivity contribution in [3.63, 3.8) is 0 Å². The molecule has 0 aliphatic carbocycles. The van der Waals surface area contributed by atoms with E-state index in [1.807, 2.05) is 7.05 Å². The maximum absolute atomic E-state index is 4.42. The maximum Gasteiger partial charge on any atom is 0.137 e. The average molecular weight is 251 g/mol. The third-order valence-corrected chi connectivity index (χ3v) is 2.97. The Morgan fingerprint density at radius 2 is 1.89 bits per heavy atom. The van der Waals surface area contributed by atoms with Gasteiger partial charge in [-0.15, -0.1) is 0 Å². The van der Waals surface area contributed by atoms with Crippen LogP contribution in [0.2, 0.25) is 0 Å². The summed E-state index contributed by atoms with van der Waals surface area (Å²) in [7, 11) is 8.19. The minimum Gasteiger partial charge on any atom is -0.373 e. The number of hydrogen-bond acceptors (Lipinski definition) is 5. The van der Waals surface area contributed by atoms with E-state index in [9.17, 15) is 0 Å². The third-order valence-electron chi connectivity index (χ3n) is 2.97. The number of anilines is 2. The van der Waals surface area contributed by atoms with E-state index in [-0.39, 0.29) is 0 Å². The van der Waals surface area contributed by atoms with Crippen molar-refractivity contribution in [2.24, 2.45) is 0 Å². The Hall–Kier alpha value is -1.36. The number of nitrogens with zero attached hydrogens (tertiary/aromatic N) is 4. The van der Waals surface area contributed by atoms with E-state index in [1.165, 1.54) is 5.56 Å². The van der Waals surface area contributed by atoms with Gasteiger partial charge in [0, 0.05) is 26.2 Å². The van der Waals surface area contributed by atoms with Gasteiger partial charge >= 0.3 is 0 Å². The highest BCUT2D eigenvalue weighted by atomic mass is 15.2. The fraction of sp³-hybridized carbons (Fsp3) is 0.692. The number of hydrogen-bond donors (Lipinski definition) is 1. The predicted octanol–water partition coefficient (Wildman–Crippen LogP) is 1.47. The van der Waals surface area contributed by atoms with Crippen LogP contribution in [-0.4, -0.2) is 56.1 Å². The molecule has 1 N–H and O–H groups in total. The van der Waals surface area contributed by atoms with E-state index >= 15 is 0 Å². The lowest BCUT2D eigenvalue weighted by Crippen LogP contribution is -2.25. The summed E-state index contributed by atoms with van der Waals surface area (Å²) < 4.78 is 0. The van der Waals surface area contributed by atoms with Crippen LogP contribution in [0.4, 0.5) is 11.6 Å². The molecule has 0 aliphatic heterocycles. The molecule has 0 atom stereocenters. The van der Waals surface area contributed by atoms with E-state index in [2.05, 4.69) is 53.2 Å². The van der Waals surface area contributed by atoms with Crippen molar-refractivity contribution in [2.75, 3.05) is 51.5 Å². The highest BCUT2D eigenvalue weighted by Gasteiger charge is 2.12. The van der Waals surface area contributed by atoms with E-state index < -0.39 is 0 Å². The number of aromatic nitrogens is 2. The summed E-state index contributed by atoms with van der Waals surface area (Å²) in [5.74, 6) is 1.97. The molecule has 102 valence electrons. The monoisotopic (exact) mass is 251 g/mol. The lowest BCUT2D eigenvalue weighted by molar-refractivity contribution is 0.401. The van der Waals surface area contributed by atoms with Gasteiger partial charge in [0.15, 0.2) is 0 Å². The van der Waals surface area contributed by atoms with Crippen LogP contribution in [0.1, 0.15) is 18.9 Å². The highest BCUT2D eigenvalue weighted by molar-refractivity contribution is 5.58. The maximum atomic E-state index is 4.42. The van der Waals surface area contributed by atoms with Gasteiger partial charge in [-0.05, 0) is 33.5 Å². The lowest BCUT2D eigenvalue weighted by atomic mass is 10.2. The van der Waals surface area contributed by atoms with Crippen LogP contribution in [0.3, 0.4) is 0 Å². The minimum atomic E-state index is 0.932. The van der Waals surface area contributed by atoms with Crippen molar-refractivity contribution in [1.82, 2.24) is 14.9 Å². The van der Waals surface area contributed by atoms with E-state index in [4.69, 9.17) is 0 Å². The van der Waals surface area contributed by atoms with Gasteiger partial charge in [0.2, 0.25) is 0 Å². The smallest absolute Gasteiger partial charge is 0.137 e. The summed E-state index contributed by atoms with van der Waals surface area (Å²) in [5.41, 5.74) is 1.19. The Bertz CT molecular complexity index is 364. The minimum absolute atomic E-state index is 0.932. The molecule has 5 nitrogen and oxygen atoms in total. The molecule has 18 heavy (non-hydrogen) atoms. The molecule has 0 unspecified atom stereocenters. The second-order valence-electron chi connectivity index (χ2n) is 4.71. The molecule has 0 spiro atoms. The van der Waals surface area contributed by atoms with Crippen molar-refractivity contribution in [1.29, 1.82) is 0 Å². The first-order valence-electron chi connectivity index (χ1n) is 6.47. The van der Waals surface area contributed by atoms with Crippen LogP contribution in [0.15, 0.2) is 6.33 Å². The Kier molecular flexibility index (Phi) is 5.85. The molecule has 1 heterocycles. The van der Waals surface area contributed by atoms with Crippen molar-refractivity contribution < 1.29 is 0 Å². The van der Waals surface area contributed by atoms with Gasteiger partial charge in [0.1, 0.15) is 18.0 Å². The number of rotatable bonds is 7. The first kappa shape index (κ1) is 14.7. The normalized spacial score (nSPS) is 10.8. The van der Waals surface area contributed by atoms with Crippen LogP contribution in [0, 0.1) is 0 Å². The van der Waals surface area contributed by atoms with Gasteiger partial charge in [0.05, 0.1) is 0 Å². The second kappa shape index (κ2) is 7.16. The fourth-order valence-electron chi connectivity index (χ4n) is 2.00. The zero-order valence-electron chi connectivity index (χ0n) is 12.2. The van der Waals surface area contributed by atoms with Crippen molar-refractivity contribution in [2.45, 2.75) is 19.8 Å². The largest absolute Gasteiger partial charge is 0.373 e. The van der Waals surface area contributed by atoms with Gasteiger partial charge < -0.3 is 15.1 Å². The van der Waals surface area contributed by atoms with E-state index in [1.54, 1.807) is 6.33 Å². The van der Waals surface area contributed by atoms with Gasteiger partial charge in [-0.3, -0.25) is 0 Å². The Morgan fingerprint density at radius 1 is 1.17 bits per heavy atom. The van der Waals surface area contributed by atoms with Crippen LogP contribution in [-0.2, 0) is 6.42 Å². The topological polar surface area (TPSA) is 44.3 Å². The standard InChI is InChI=1S/C13H25N5/c1-6-11-12(14-2)15-10-16-13(11)18(5)9-7-8-17(3)4/h10H,6-9H2,1-5H3,(H,14,15,16). The third kappa shape index (κ3) is 3.84. The summed E-state index contributed by atoms with van der Waals surface area (Å²) in [6, 6.07) is 0. The molecule has 1 aromatic heterocycles. The van der Waals surface area contributed by atoms with Crippen molar-refractivity contribution >= 4 is 11.6 Å². The summed E-state index contributed by atoms with van der Waals surface area (Å²) in [6.45, 7) is 4.23. The van der Waals surface area contributed by atoms with Crippen LogP contribution in [0.5, 0.6) is 0 Å². The molecule has 0 aliphatic rings. The molecule has 0 saturated heterocycles. The highest BCUT2D eigenvalue weighted by Crippen LogP contribution is 2.22. The SMILES string of the molecule is CCc1c(NC)ncnc1N(C)CCCN(C)C. The Labute approximate surface area is 110 Å². The molecule has 0 amide bonds. The molecular formula is C13H25N5. The molecule has 5 heteroatoms. The molecule has 0 saturated carbocycles. The zero-order valence-corrected chi connectivity index (χ0v) is 12.2. The quantitative estimate of drug-likeness (QED) is 0.795. The summed E-state index contributed by atoms with van der Waals surface area (Å²) in [4.78, 5) is 13.1. The first-order valence-corrected chi connectivity index (χ1v) is 6.47. The molecule has 0 fully saturated rings. The first-order chi connectivity index (χ1) is 8.60. The van der Waals surface area contributed by atoms with Gasteiger partial charge in [0.25, 0.3) is 0 Å². The molecule has 0 aromatic carbocycles. The van der Waals surface area contributed by atoms with Crippen LogP contribution < -0.4 is 10.2 Å². The lowest BCUT2D eigenvalue weighted by Gasteiger charge is -2.22. The molecule has 0 bridgehead atoms. The summed E-state index contributed by atoms with van der Waals surface area (Å²) >= 11 is 0. The summed E-state index contributed by atoms with van der Waals surface area (Å²) in [5, 5.41) is 3.13. The number of nitrogens with one attached hydrogen (secondary N) is 1. The van der Waals surface area contributed by atoms with Gasteiger partial charge in [-0.2, -0.15) is 0 Å². The molecule has 0 radical (unpaired) electrons. The van der Waals surface area contributed by atoms with Crippen molar-refractivity contribution in [3.05, 3.63) is 11.9 Å². The Balaban J connectivity index is 2.75. The second-order valence-corrected chi connectivity index (χ2v) is 4.71.